The Bertz CT molecular complexity index is 2000. The van der Waals surface area contributed by atoms with Gasteiger partial charge in [-0.15, -0.1) is 0 Å². The van der Waals surface area contributed by atoms with E-state index in [1.165, 1.54) is 11.8 Å². The van der Waals surface area contributed by atoms with Crippen molar-refractivity contribution in [1.82, 2.24) is 9.80 Å². The van der Waals surface area contributed by atoms with E-state index >= 15 is 0 Å². The number of primary amides is 1. The van der Waals surface area contributed by atoms with Gasteiger partial charge < -0.3 is 20.3 Å². The summed E-state index contributed by atoms with van der Waals surface area (Å²) in [4.78, 5) is 40.6. The molecule has 19 heteroatoms. The summed E-state index contributed by atoms with van der Waals surface area (Å²) in [6, 6.07) is 7.40. The van der Waals surface area contributed by atoms with Crippen LogP contribution >= 0.6 is 0 Å². The average Bonchev–Trinajstić information content (AvgIpc) is 3.56. The number of likely N-dealkylation sites (tertiary alicyclic amines) is 2. The number of carbonyl (C=O) groups excluding carboxylic acids is 3. The summed E-state index contributed by atoms with van der Waals surface area (Å²) >= 11 is 0. The van der Waals surface area contributed by atoms with Gasteiger partial charge in [-0.1, -0.05) is 30.3 Å². The van der Waals surface area contributed by atoms with Crippen molar-refractivity contribution >= 4 is 27.6 Å². The minimum atomic E-state index is -6.29. The second kappa shape index (κ2) is 14.2. The monoisotopic (exact) mass is 793 g/mol. The van der Waals surface area contributed by atoms with Crippen molar-refractivity contribution in [2.24, 2.45) is 11.1 Å². The summed E-state index contributed by atoms with van der Waals surface area (Å²) < 4.78 is 161. The van der Waals surface area contributed by atoms with Gasteiger partial charge in [0.1, 0.15) is 27.6 Å². The van der Waals surface area contributed by atoms with E-state index in [9.17, 15) is 62.3 Å². The van der Waals surface area contributed by atoms with Gasteiger partial charge in [-0.05, 0) is 61.2 Å². The minimum absolute atomic E-state index is 0.0376. The molecular formula is C35H32F9N3O6S. The molecule has 1 atom stereocenters. The number of rotatable bonds is 9. The SMILES string of the molecule is CC(=O)N1CCC(C(N)=O)(C(=O)N2CCC(c3ccc(C(OCc4c(F)cccc4F)(C(F)(F)F)C(F)(F)F)cc3)(S(=O)(=O)c3ccc(F)cc3)C2)CC1. The number of hydrogen-bond acceptors (Lipinski definition) is 6. The maximum Gasteiger partial charge on any atom is 0.430 e. The zero-order chi connectivity index (χ0) is 40.1. The van der Waals surface area contributed by atoms with Crippen LogP contribution in [-0.2, 0) is 45.9 Å². The van der Waals surface area contributed by atoms with E-state index in [0.717, 1.165) is 35.2 Å². The van der Waals surface area contributed by atoms with Crippen LogP contribution in [0, 0.1) is 22.9 Å². The van der Waals surface area contributed by atoms with Gasteiger partial charge in [-0.2, -0.15) is 26.3 Å². The highest BCUT2D eigenvalue weighted by Crippen LogP contribution is 2.54. The molecule has 0 aromatic heterocycles. The quantitative estimate of drug-likeness (QED) is 0.170. The third-order valence-corrected chi connectivity index (χ3v) is 12.7. The Hall–Kier alpha value is -4.65. The number of amides is 3. The molecule has 0 bridgehead atoms. The van der Waals surface area contributed by atoms with Gasteiger partial charge in [0, 0.05) is 44.2 Å². The fourth-order valence-electron chi connectivity index (χ4n) is 7.07. The highest BCUT2D eigenvalue weighted by Gasteiger charge is 2.73. The van der Waals surface area contributed by atoms with E-state index in [4.69, 9.17) is 5.73 Å². The second-order valence-electron chi connectivity index (χ2n) is 13.1. The largest absolute Gasteiger partial charge is 0.430 e. The van der Waals surface area contributed by atoms with Crippen LogP contribution in [0.3, 0.4) is 0 Å². The van der Waals surface area contributed by atoms with E-state index in [1.807, 2.05) is 0 Å². The van der Waals surface area contributed by atoms with Crippen molar-refractivity contribution in [3.8, 4) is 0 Å². The van der Waals surface area contributed by atoms with Gasteiger partial charge in [0.15, 0.2) is 9.84 Å². The van der Waals surface area contributed by atoms with Gasteiger partial charge >= 0.3 is 12.4 Å². The number of sulfone groups is 1. The van der Waals surface area contributed by atoms with E-state index in [0.29, 0.717) is 36.4 Å². The Morgan fingerprint density at radius 3 is 1.78 bits per heavy atom. The molecule has 3 amide bonds. The van der Waals surface area contributed by atoms with Crippen LogP contribution < -0.4 is 5.73 Å². The lowest BCUT2D eigenvalue weighted by molar-refractivity contribution is -0.392. The predicted octanol–water partition coefficient (Wildman–Crippen LogP) is 5.66. The molecule has 54 heavy (non-hydrogen) atoms. The maximum atomic E-state index is 14.6. The molecule has 1 unspecified atom stereocenters. The lowest BCUT2D eigenvalue weighted by Gasteiger charge is -2.40. The van der Waals surface area contributed by atoms with Crippen molar-refractivity contribution in [3.63, 3.8) is 0 Å². The predicted molar refractivity (Wildman–Crippen MR) is 171 cm³/mol. The first kappa shape index (κ1) is 40.5. The highest BCUT2D eigenvalue weighted by molar-refractivity contribution is 7.92. The number of hydrogen-bond donors (Lipinski definition) is 1. The van der Waals surface area contributed by atoms with Crippen molar-refractivity contribution < 1.29 is 67.1 Å². The van der Waals surface area contributed by atoms with E-state index in [2.05, 4.69) is 4.74 Å². The molecule has 2 aliphatic rings. The molecule has 2 aliphatic heterocycles. The van der Waals surface area contributed by atoms with Gasteiger partial charge in [-0.3, -0.25) is 14.4 Å². The van der Waals surface area contributed by atoms with Crippen molar-refractivity contribution in [3.05, 3.63) is 101 Å². The van der Waals surface area contributed by atoms with Crippen molar-refractivity contribution in [2.45, 2.75) is 60.4 Å². The first-order chi connectivity index (χ1) is 25.0. The highest BCUT2D eigenvalue weighted by atomic mass is 32.2. The lowest BCUT2D eigenvalue weighted by Crippen LogP contribution is -2.57. The van der Waals surface area contributed by atoms with Gasteiger partial charge in [0.05, 0.1) is 11.5 Å². The molecule has 0 radical (unpaired) electrons. The zero-order valence-corrected chi connectivity index (χ0v) is 29.1. The molecule has 0 saturated carbocycles. The molecule has 2 heterocycles. The Kier molecular flexibility index (Phi) is 10.7. The number of benzene rings is 3. The summed E-state index contributed by atoms with van der Waals surface area (Å²) in [7, 11) is -4.78. The van der Waals surface area contributed by atoms with Crippen LogP contribution in [0.4, 0.5) is 39.5 Å². The molecule has 0 aliphatic carbocycles. The number of piperidine rings is 1. The normalized spacial score (nSPS) is 19.5. The molecule has 9 nitrogen and oxygen atoms in total. The molecule has 2 saturated heterocycles. The van der Waals surface area contributed by atoms with E-state index in [-0.39, 0.29) is 43.9 Å². The summed E-state index contributed by atoms with van der Waals surface area (Å²) in [5, 5.41) is 0. The smallest absolute Gasteiger partial charge is 0.369 e. The minimum Gasteiger partial charge on any atom is -0.369 e. The summed E-state index contributed by atoms with van der Waals surface area (Å²) in [5.41, 5.74) is -4.58. The maximum absolute atomic E-state index is 14.6. The third-order valence-electron chi connectivity index (χ3n) is 10.2. The summed E-state index contributed by atoms with van der Waals surface area (Å²) in [6.07, 6.45) is -13.5. The number of nitrogens with zero attached hydrogens (tertiary/aromatic N) is 2. The fraction of sp³-hybridized carbons (Fsp3) is 0.400. The van der Waals surface area contributed by atoms with E-state index in [1.54, 1.807) is 0 Å². The molecule has 3 aromatic carbocycles. The Morgan fingerprint density at radius 2 is 1.30 bits per heavy atom. The average molecular weight is 794 g/mol. The Balaban J connectivity index is 1.61. The topological polar surface area (TPSA) is 127 Å². The van der Waals surface area contributed by atoms with Gasteiger partial charge in [0.25, 0.3) is 5.60 Å². The summed E-state index contributed by atoms with van der Waals surface area (Å²) in [5.74, 6) is -6.06. The Morgan fingerprint density at radius 1 is 0.778 bits per heavy atom. The van der Waals surface area contributed by atoms with E-state index < -0.39 is 103 Å². The standard InChI is InChI=1S/C35H32F9N3O6S/c1-21(48)46-16-13-31(14-17-46,29(45)49)30(50)47-18-15-32(20-47,54(51,52)25-11-9-24(36)10-12-25)22-5-7-23(8-6-22)33(34(39,40)41,35(42,43)44)53-19-26-27(37)3-2-4-28(26)38/h2-12H,13-20H2,1H3,(H2,45,49). The molecule has 292 valence electrons. The fourth-order valence-corrected chi connectivity index (χ4v) is 9.15. The molecule has 2 fully saturated rings. The van der Waals surface area contributed by atoms with Crippen molar-refractivity contribution in [1.29, 1.82) is 0 Å². The summed E-state index contributed by atoms with van der Waals surface area (Å²) in [6.45, 7) is -1.75. The second-order valence-corrected chi connectivity index (χ2v) is 15.4. The van der Waals surface area contributed by atoms with Crippen LogP contribution in [0.2, 0.25) is 0 Å². The molecule has 5 rings (SSSR count). The van der Waals surface area contributed by atoms with Crippen LogP contribution in [0.15, 0.2) is 71.6 Å². The molecule has 3 aromatic rings. The zero-order valence-electron chi connectivity index (χ0n) is 28.2. The van der Waals surface area contributed by atoms with Gasteiger partial charge in [-0.25, -0.2) is 21.6 Å². The Labute approximate surface area is 302 Å². The molecule has 0 spiro atoms. The van der Waals surface area contributed by atoms with Gasteiger partial charge in [0.2, 0.25) is 17.7 Å². The lowest BCUT2D eigenvalue weighted by atomic mass is 9.76. The number of alkyl halides is 6. The number of nitrogens with two attached hydrogens (primary N) is 1. The van der Waals surface area contributed by atoms with Crippen LogP contribution in [-0.4, -0.2) is 74.5 Å². The first-order valence-corrected chi connectivity index (χ1v) is 17.7. The molecule has 2 N–H and O–H groups in total. The van der Waals surface area contributed by atoms with Crippen LogP contribution in [0.25, 0.3) is 0 Å². The first-order valence-electron chi connectivity index (χ1n) is 16.2. The number of carbonyl (C=O) groups is 3. The molecular weight excluding hydrogens is 761 g/mol. The van der Waals surface area contributed by atoms with Crippen LogP contribution in [0.1, 0.15) is 42.9 Å². The third kappa shape index (κ3) is 6.69. The number of halogens is 9. The van der Waals surface area contributed by atoms with Crippen LogP contribution in [0.5, 0.6) is 0 Å². The van der Waals surface area contributed by atoms with Crippen molar-refractivity contribution in [2.75, 3.05) is 26.2 Å². The number of ether oxygens (including phenoxy) is 1.